The van der Waals surface area contributed by atoms with Crippen LogP contribution in [0.5, 0.6) is 0 Å². The van der Waals surface area contributed by atoms with Crippen molar-refractivity contribution >= 4 is 39.3 Å². The number of benzene rings is 1. The highest BCUT2D eigenvalue weighted by Crippen LogP contribution is 2.38. The molecule has 4 nitrogen and oxygen atoms in total. The molecule has 2 amide bonds. The summed E-state index contributed by atoms with van der Waals surface area (Å²) in [4.78, 5) is 24.1. The lowest BCUT2D eigenvalue weighted by atomic mass is 10.0. The van der Waals surface area contributed by atoms with Gasteiger partial charge in [-0.1, -0.05) is 18.2 Å². The van der Waals surface area contributed by atoms with Crippen molar-refractivity contribution in [3.8, 4) is 0 Å². The van der Waals surface area contributed by atoms with Gasteiger partial charge in [0.15, 0.2) is 0 Å². The van der Waals surface area contributed by atoms with Gasteiger partial charge in [-0.15, -0.1) is 0 Å². The second kappa shape index (κ2) is 4.37. The molecule has 1 unspecified atom stereocenters. The number of carbonyl (C=O) groups excluding carboxylic acids is 2. The molecule has 0 spiro atoms. The van der Waals surface area contributed by atoms with Crippen molar-refractivity contribution in [1.82, 2.24) is 5.32 Å². The van der Waals surface area contributed by atoms with Crippen LogP contribution in [0.15, 0.2) is 34.1 Å². The Kier molecular flexibility index (Phi) is 2.83. The molecule has 2 aliphatic rings. The molecule has 1 fully saturated rings. The molecule has 0 aliphatic carbocycles. The number of amides is 2. The van der Waals surface area contributed by atoms with Crippen LogP contribution in [-0.4, -0.2) is 21.1 Å². The van der Waals surface area contributed by atoms with Gasteiger partial charge in [-0.2, -0.15) is 0 Å². The molecule has 1 N–H and O–H groups in total. The zero-order valence-electron chi connectivity index (χ0n) is 9.26. The van der Waals surface area contributed by atoms with E-state index in [2.05, 4.69) is 5.32 Å². The highest BCUT2D eigenvalue weighted by Gasteiger charge is 2.31. The van der Waals surface area contributed by atoms with Crippen molar-refractivity contribution in [2.24, 2.45) is 0 Å². The number of hydrogen-bond acceptors (Lipinski definition) is 4. The summed E-state index contributed by atoms with van der Waals surface area (Å²) in [6.07, 6.45) is 0.562. The predicted molar refractivity (Wildman–Crippen MR) is 70.4 cm³/mol. The van der Waals surface area contributed by atoms with Crippen molar-refractivity contribution in [2.45, 2.75) is 11.3 Å². The third-order valence-electron chi connectivity index (χ3n) is 2.89. The lowest BCUT2D eigenvalue weighted by Gasteiger charge is -2.19. The Balaban J connectivity index is 2.19. The normalized spacial score (nSPS) is 27.0. The second-order valence-corrected chi connectivity index (χ2v) is 6.47. The number of imide groups is 1. The van der Waals surface area contributed by atoms with Crippen LogP contribution in [0.2, 0.25) is 0 Å². The number of fused-ring (bicyclic) bond motifs is 1. The van der Waals surface area contributed by atoms with E-state index in [9.17, 15) is 13.8 Å². The molecule has 0 radical (unpaired) electrons. The second-order valence-electron chi connectivity index (χ2n) is 3.95. The number of carbonyl (C=O) groups is 2. The lowest BCUT2D eigenvalue weighted by Crippen LogP contribution is -2.19. The molecule has 1 saturated heterocycles. The van der Waals surface area contributed by atoms with Crippen molar-refractivity contribution in [1.29, 1.82) is 0 Å². The van der Waals surface area contributed by atoms with E-state index in [1.165, 1.54) is 0 Å². The Morgan fingerprint density at radius 3 is 2.72 bits per heavy atom. The topological polar surface area (TPSA) is 63.2 Å². The van der Waals surface area contributed by atoms with Crippen LogP contribution in [0, 0.1) is 0 Å². The summed E-state index contributed by atoms with van der Waals surface area (Å²) in [7, 11) is -1.02. The van der Waals surface area contributed by atoms with E-state index in [1.807, 2.05) is 24.3 Å². The van der Waals surface area contributed by atoms with Gasteiger partial charge < -0.3 is 0 Å². The maximum absolute atomic E-state index is 11.9. The molecule has 3 rings (SSSR count). The standard InChI is InChI=1S/C12H9NO3S2/c14-11-10(17-12(15)13-11)8-5-6-18(16)9-4-2-1-3-7(8)9/h1-4H,5-6H2,(H,13,14,15). The average molecular weight is 279 g/mol. The SMILES string of the molecule is O=C1NC(=O)C(=C2CCS(=O)c3ccccc32)S1. The Hall–Kier alpha value is -1.40. The van der Waals surface area contributed by atoms with Gasteiger partial charge in [0.2, 0.25) is 0 Å². The molecule has 92 valence electrons. The fraction of sp³-hybridized carbons (Fsp3) is 0.167. The third-order valence-corrected chi connectivity index (χ3v) is 5.23. The van der Waals surface area contributed by atoms with E-state index in [1.54, 1.807) is 0 Å². The van der Waals surface area contributed by atoms with E-state index in [-0.39, 0.29) is 11.1 Å². The van der Waals surface area contributed by atoms with Crippen LogP contribution in [0.4, 0.5) is 4.79 Å². The monoisotopic (exact) mass is 279 g/mol. The Morgan fingerprint density at radius 1 is 1.22 bits per heavy atom. The molecule has 18 heavy (non-hydrogen) atoms. The third kappa shape index (κ3) is 1.81. The fourth-order valence-corrected chi connectivity index (χ4v) is 4.19. The van der Waals surface area contributed by atoms with Gasteiger partial charge in [0.05, 0.1) is 15.7 Å². The molecule has 0 bridgehead atoms. The number of thioether (sulfide) groups is 1. The highest BCUT2D eigenvalue weighted by molar-refractivity contribution is 8.18. The van der Waals surface area contributed by atoms with E-state index in [4.69, 9.17) is 0 Å². The van der Waals surface area contributed by atoms with Crippen LogP contribution in [0.3, 0.4) is 0 Å². The first kappa shape index (κ1) is 11.7. The van der Waals surface area contributed by atoms with Gasteiger partial charge >= 0.3 is 0 Å². The Morgan fingerprint density at radius 2 is 2.00 bits per heavy atom. The highest BCUT2D eigenvalue weighted by atomic mass is 32.2. The summed E-state index contributed by atoms with van der Waals surface area (Å²) in [5, 5.41) is 1.92. The van der Waals surface area contributed by atoms with Crippen LogP contribution in [0.25, 0.3) is 5.57 Å². The van der Waals surface area contributed by atoms with E-state index in [0.29, 0.717) is 17.1 Å². The molecule has 6 heteroatoms. The summed E-state index contributed by atoms with van der Waals surface area (Å²) in [5.41, 5.74) is 1.66. The Labute approximate surface area is 110 Å². The molecular formula is C12H9NO3S2. The van der Waals surface area contributed by atoms with Crippen molar-refractivity contribution < 1.29 is 13.8 Å². The summed E-state index contributed by atoms with van der Waals surface area (Å²) < 4.78 is 11.9. The summed E-state index contributed by atoms with van der Waals surface area (Å²) in [6, 6.07) is 7.34. The van der Waals surface area contributed by atoms with Crippen LogP contribution < -0.4 is 5.32 Å². The molecule has 2 heterocycles. The number of hydrogen-bond donors (Lipinski definition) is 1. The number of allylic oxidation sites excluding steroid dienone is 1. The van der Waals surface area contributed by atoms with Gasteiger partial charge in [0, 0.05) is 10.6 Å². The zero-order valence-corrected chi connectivity index (χ0v) is 10.9. The van der Waals surface area contributed by atoms with Gasteiger partial charge in [-0.25, -0.2) is 0 Å². The quantitative estimate of drug-likeness (QED) is 0.737. The van der Waals surface area contributed by atoms with E-state index in [0.717, 1.165) is 27.8 Å². The smallest absolute Gasteiger partial charge is 0.282 e. The summed E-state index contributed by atoms with van der Waals surface area (Å²) in [6.45, 7) is 0. The molecule has 1 aromatic rings. The van der Waals surface area contributed by atoms with Gasteiger partial charge in [0.1, 0.15) is 0 Å². The minimum absolute atomic E-state index is 0.341. The average Bonchev–Trinajstić information content (AvgIpc) is 2.69. The van der Waals surface area contributed by atoms with Gasteiger partial charge in [0.25, 0.3) is 11.1 Å². The zero-order chi connectivity index (χ0) is 12.7. The first-order valence-corrected chi connectivity index (χ1v) is 7.54. The van der Waals surface area contributed by atoms with Crippen LogP contribution >= 0.6 is 11.8 Å². The lowest BCUT2D eigenvalue weighted by molar-refractivity contribution is -0.115. The minimum Gasteiger partial charge on any atom is -0.282 e. The Bertz CT molecular complexity index is 622. The first-order chi connectivity index (χ1) is 8.66. The molecule has 0 aromatic heterocycles. The van der Waals surface area contributed by atoms with Gasteiger partial charge in [-0.05, 0) is 35.4 Å². The maximum Gasteiger partial charge on any atom is 0.290 e. The van der Waals surface area contributed by atoms with E-state index >= 15 is 0 Å². The summed E-state index contributed by atoms with van der Waals surface area (Å²) >= 11 is 0.926. The van der Waals surface area contributed by atoms with Crippen LogP contribution in [0.1, 0.15) is 12.0 Å². The largest absolute Gasteiger partial charge is 0.290 e. The molecule has 0 saturated carbocycles. The van der Waals surface area contributed by atoms with Crippen molar-refractivity contribution in [2.75, 3.05) is 5.75 Å². The van der Waals surface area contributed by atoms with E-state index < -0.39 is 10.8 Å². The van der Waals surface area contributed by atoms with Crippen molar-refractivity contribution in [3.63, 3.8) is 0 Å². The number of nitrogens with one attached hydrogen (secondary N) is 1. The molecule has 1 atom stereocenters. The van der Waals surface area contributed by atoms with Crippen molar-refractivity contribution in [3.05, 3.63) is 34.7 Å². The minimum atomic E-state index is -1.02. The predicted octanol–water partition coefficient (Wildman–Crippen LogP) is 1.89. The fourth-order valence-electron chi connectivity index (χ4n) is 2.10. The summed E-state index contributed by atoms with van der Waals surface area (Å²) in [5.74, 6) is 0.153. The maximum atomic E-state index is 11.9. The molecule has 1 aromatic carbocycles. The van der Waals surface area contributed by atoms with Crippen LogP contribution in [-0.2, 0) is 15.6 Å². The first-order valence-electron chi connectivity index (χ1n) is 5.41. The molecule has 2 aliphatic heterocycles. The number of rotatable bonds is 0. The molecular weight excluding hydrogens is 270 g/mol. The van der Waals surface area contributed by atoms with Gasteiger partial charge in [-0.3, -0.25) is 19.1 Å².